The van der Waals surface area contributed by atoms with E-state index >= 15 is 0 Å². The summed E-state index contributed by atoms with van der Waals surface area (Å²) in [6.07, 6.45) is 3.21. The van der Waals surface area contributed by atoms with Gasteiger partial charge in [-0.15, -0.1) is 0 Å². The molecular formula is C15H29NO3. The van der Waals surface area contributed by atoms with Gasteiger partial charge in [-0.1, -0.05) is 20.8 Å². The van der Waals surface area contributed by atoms with Crippen LogP contribution in [0.1, 0.15) is 40.0 Å². The summed E-state index contributed by atoms with van der Waals surface area (Å²) in [5.74, 6) is 0.617. The van der Waals surface area contributed by atoms with Gasteiger partial charge >= 0.3 is 0 Å². The van der Waals surface area contributed by atoms with Crippen molar-refractivity contribution in [2.45, 2.75) is 45.6 Å². The SMILES string of the molecule is CC1CC(C)(C)CC(CO)(NCC2(CO)COC2)C1. The Balaban J connectivity index is 2.01. The third-order valence-corrected chi connectivity index (χ3v) is 4.75. The monoisotopic (exact) mass is 271 g/mol. The lowest BCUT2D eigenvalue weighted by molar-refractivity contribution is -0.139. The molecule has 4 heteroatoms. The van der Waals surface area contributed by atoms with E-state index in [0.717, 1.165) is 19.4 Å². The summed E-state index contributed by atoms with van der Waals surface area (Å²) in [5.41, 5.74) is -0.0676. The molecule has 1 heterocycles. The van der Waals surface area contributed by atoms with Gasteiger partial charge in [0.25, 0.3) is 0 Å². The lowest BCUT2D eigenvalue weighted by atomic mass is 9.64. The van der Waals surface area contributed by atoms with Crippen molar-refractivity contribution in [3.8, 4) is 0 Å². The normalized spacial score (nSPS) is 36.8. The van der Waals surface area contributed by atoms with E-state index in [1.54, 1.807) is 0 Å². The summed E-state index contributed by atoms with van der Waals surface area (Å²) in [5, 5.41) is 23.0. The molecular weight excluding hydrogens is 242 g/mol. The lowest BCUT2D eigenvalue weighted by Gasteiger charge is -2.50. The molecule has 0 spiro atoms. The van der Waals surface area contributed by atoms with Gasteiger partial charge in [0.1, 0.15) is 0 Å². The zero-order valence-corrected chi connectivity index (χ0v) is 12.5. The number of aliphatic hydroxyl groups is 2. The number of hydrogen-bond donors (Lipinski definition) is 3. The fraction of sp³-hybridized carbons (Fsp3) is 1.00. The average molecular weight is 271 g/mol. The highest BCUT2D eigenvalue weighted by molar-refractivity contribution is 5.00. The number of rotatable bonds is 5. The maximum absolute atomic E-state index is 9.90. The van der Waals surface area contributed by atoms with Crippen molar-refractivity contribution in [3.63, 3.8) is 0 Å². The molecule has 0 radical (unpaired) electrons. The second kappa shape index (κ2) is 5.32. The van der Waals surface area contributed by atoms with Crippen LogP contribution in [-0.4, -0.2) is 48.7 Å². The zero-order valence-electron chi connectivity index (χ0n) is 12.5. The minimum atomic E-state index is -0.196. The molecule has 1 aliphatic carbocycles. The molecule has 2 fully saturated rings. The van der Waals surface area contributed by atoms with Crippen LogP contribution in [0, 0.1) is 16.7 Å². The highest BCUT2D eigenvalue weighted by Crippen LogP contribution is 2.44. The average Bonchev–Trinajstić information content (AvgIpc) is 2.25. The fourth-order valence-corrected chi connectivity index (χ4v) is 4.07. The zero-order chi connectivity index (χ0) is 14.1. The van der Waals surface area contributed by atoms with Gasteiger partial charge in [0.2, 0.25) is 0 Å². The Morgan fingerprint density at radius 2 is 1.84 bits per heavy atom. The van der Waals surface area contributed by atoms with Crippen molar-refractivity contribution in [1.82, 2.24) is 5.32 Å². The first kappa shape index (κ1) is 15.2. The second-order valence-corrected chi connectivity index (χ2v) is 7.80. The van der Waals surface area contributed by atoms with Crippen LogP contribution < -0.4 is 5.32 Å². The molecule has 1 saturated carbocycles. The Hall–Kier alpha value is -0.160. The Morgan fingerprint density at radius 3 is 2.26 bits per heavy atom. The molecule has 2 atom stereocenters. The van der Waals surface area contributed by atoms with Gasteiger partial charge < -0.3 is 20.3 Å². The Morgan fingerprint density at radius 1 is 1.16 bits per heavy atom. The first-order valence-corrected chi connectivity index (χ1v) is 7.39. The summed E-state index contributed by atoms with van der Waals surface area (Å²) >= 11 is 0. The standard InChI is InChI=1S/C15H29NO3/c1-12-4-13(2,3)6-15(5-12,9-18)16-7-14(8-17)10-19-11-14/h12,16-18H,4-11H2,1-3H3. The quantitative estimate of drug-likeness (QED) is 0.702. The topological polar surface area (TPSA) is 61.7 Å². The second-order valence-electron chi connectivity index (χ2n) is 7.80. The molecule has 112 valence electrons. The Bertz CT molecular complexity index is 309. The minimum Gasteiger partial charge on any atom is -0.396 e. The highest BCUT2D eigenvalue weighted by atomic mass is 16.5. The molecule has 1 saturated heterocycles. The van der Waals surface area contributed by atoms with Crippen LogP contribution in [0.5, 0.6) is 0 Å². The molecule has 4 nitrogen and oxygen atoms in total. The van der Waals surface area contributed by atoms with Gasteiger partial charge in [-0.05, 0) is 30.6 Å². The predicted molar refractivity (Wildman–Crippen MR) is 75.0 cm³/mol. The molecule has 3 N–H and O–H groups in total. The fourth-order valence-electron chi connectivity index (χ4n) is 4.07. The molecule has 2 aliphatic rings. The van der Waals surface area contributed by atoms with Crippen LogP contribution in [-0.2, 0) is 4.74 Å². The predicted octanol–water partition coefficient (Wildman–Crippen LogP) is 1.16. The first-order valence-electron chi connectivity index (χ1n) is 7.39. The van der Waals surface area contributed by atoms with E-state index in [-0.39, 0.29) is 29.6 Å². The van der Waals surface area contributed by atoms with E-state index in [4.69, 9.17) is 4.74 Å². The molecule has 0 aromatic rings. The van der Waals surface area contributed by atoms with Crippen molar-refractivity contribution < 1.29 is 14.9 Å². The first-order chi connectivity index (χ1) is 8.84. The molecule has 0 aromatic heterocycles. The number of nitrogens with one attached hydrogen (secondary N) is 1. The van der Waals surface area contributed by atoms with Crippen molar-refractivity contribution in [1.29, 1.82) is 0 Å². The van der Waals surface area contributed by atoms with Gasteiger partial charge in [0.05, 0.1) is 31.8 Å². The minimum absolute atomic E-state index is 0.132. The number of aliphatic hydroxyl groups excluding tert-OH is 2. The van der Waals surface area contributed by atoms with E-state index < -0.39 is 0 Å². The van der Waals surface area contributed by atoms with E-state index in [1.807, 2.05) is 0 Å². The van der Waals surface area contributed by atoms with Gasteiger partial charge in [-0.25, -0.2) is 0 Å². The smallest absolute Gasteiger partial charge is 0.0613 e. The Labute approximate surface area is 116 Å². The van der Waals surface area contributed by atoms with Crippen LogP contribution in [0.4, 0.5) is 0 Å². The van der Waals surface area contributed by atoms with Crippen LogP contribution in [0.2, 0.25) is 0 Å². The summed E-state index contributed by atoms with van der Waals surface area (Å²) in [7, 11) is 0. The molecule has 2 rings (SSSR count). The largest absolute Gasteiger partial charge is 0.396 e. The third kappa shape index (κ3) is 3.30. The van der Waals surface area contributed by atoms with E-state index in [0.29, 0.717) is 19.1 Å². The van der Waals surface area contributed by atoms with Crippen molar-refractivity contribution >= 4 is 0 Å². The molecule has 0 bridgehead atoms. The Kier molecular flexibility index (Phi) is 4.26. The summed E-state index contributed by atoms with van der Waals surface area (Å²) in [4.78, 5) is 0. The maximum atomic E-state index is 9.90. The molecule has 2 unspecified atom stereocenters. The molecule has 0 aromatic carbocycles. The van der Waals surface area contributed by atoms with E-state index in [1.165, 1.54) is 6.42 Å². The van der Waals surface area contributed by atoms with Gasteiger partial charge in [0.15, 0.2) is 0 Å². The summed E-state index contributed by atoms with van der Waals surface area (Å²) in [6.45, 7) is 9.12. The molecule has 0 amide bonds. The van der Waals surface area contributed by atoms with E-state index in [2.05, 4.69) is 26.1 Å². The van der Waals surface area contributed by atoms with Crippen molar-refractivity contribution in [2.75, 3.05) is 33.0 Å². The van der Waals surface area contributed by atoms with E-state index in [9.17, 15) is 10.2 Å². The van der Waals surface area contributed by atoms with Crippen LogP contribution >= 0.6 is 0 Å². The number of ether oxygens (including phenoxy) is 1. The summed E-state index contributed by atoms with van der Waals surface area (Å²) in [6, 6.07) is 0. The van der Waals surface area contributed by atoms with Gasteiger partial charge in [0, 0.05) is 12.1 Å². The van der Waals surface area contributed by atoms with Gasteiger partial charge in [-0.2, -0.15) is 0 Å². The van der Waals surface area contributed by atoms with Gasteiger partial charge in [-0.3, -0.25) is 0 Å². The molecule has 19 heavy (non-hydrogen) atoms. The van der Waals surface area contributed by atoms with Crippen LogP contribution in [0.25, 0.3) is 0 Å². The highest BCUT2D eigenvalue weighted by Gasteiger charge is 2.45. The van der Waals surface area contributed by atoms with Crippen LogP contribution in [0.3, 0.4) is 0 Å². The lowest BCUT2D eigenvalue weighted by Crippen LogP contribution is -2.61. The van der Waals surface area contributed by atoms with Crippen LogP contribution in [0.15, 0.2) is 0 Å². The third-order valence-electron chi connectivity index (χ3n) is 4.75. The molecule has 1 aliphatic heterocycles. The van der Waals surface area contributed by atoms with Crippen molar-refractivity contribution in [2.24, 2.45) is 16.7 Å². The maximum Gasteiger partial charge on any atom is 0.0613 e. The number of hydrogen-bond acceptors (Lipinski definition) is 4. The summed E-state index contributed by atoms with van der Waals surface area (Å²) < 4.78 is 5.24. The van der Waals surface area contributed by atoms with Crippen molar-refractivity contribution in [3.05, 3.63) is 0 Å².